The molecule has 5 nitrogen and oxygen atoms in total. The summed E-state index contributed by atoms with van der Waals surface area (Å²) in [5.74, 6) is 1.11. The molecule has 1 saturated heterocycles. The molecule has 1 fully saturated rings. The number of benzene rings is 1. The molecular weight excluding hydrogens is 256 g/mol. The molecule has 0 aliphatic carbocycles. The van der Waals surface area contributed by atoms with Crippen LogP contribution in [0.25, 0.3) is 0 Å². The van der Waals surface area contributed by atoms with Crippen LogP contribution in [0.5, 0.6) is 5.75 Å². The lowest BCUT2D eigenvalue weighted by Crippen LogP contribution is -2.41. The third-order valence-corrected chi connectivity index (χ3v) is 3.73. The van der Waals surface area contributed by atoms with E-state index in [-0.39, 0.29) is 13.2 Å². The van der Waals surface area contributed by atoms with Crippen LogP contribution in [-0.4, -0.2) is 54.1 Å². The van der Waals surface area contributed by atoms with Crippen LogP contribution < -0.4 is 10.5 Å². The SMILES string of the molecule is Nc1cccc(OCC(O)CN2CCC(CO)CC2)c1. The van der Waals surface area contributed by atoms with Crippen LogP contribution >= 0.6 is 0 Å². The number of piperidine rings is 1. The van der Waals surface area contributed by atoms with Crippen LogP contribution in [0.4, 0.5) is 5.69 Å². The van der Waals surface area contributed by atoms with Gasteiger partial charge in [0.25, 0.3) is 0 Å². The predicted molar refractivity (Wildman–Crippen MR) is 78.6 cm³/mol. The van der Waals surface area contributed by atoms with Gasteiger partial charge in [-0.1, -0.05) is 6.07 Å². The molecule has 4 N–H and O–H groups in total. The Kier molecular flexibility index (Phi) is 5.64. The minimum atomic E-state index is -0.512. The Balaban J connectivity index is 1.69. The van der Waals surface area contributed by atoms with E-state index >= 15 is 0 Å². The number of aliphatic hydroxyl groups excluding tert-OH is 2. The number of aliphatic hydroxyl groups is 2. The first kappa shape index (κ1) is 15.1. The van der Waals surface area contributed by atoms with Crippen molar-refractivity contribution in [2.45, 2.75) is 18.9 Å². The van der Waals surface area contributed by atoms with E-state index in [1.807, 2.05) is 12.1 Å². The Hall–Kier alpha value is -1.30. The number of ether oxygens (including phenoxy) is 1. The Bertz CT molecular complexity index is 406. The zero-order valence-electron chi connectivity index (χ0n) is 11.7. The summed E-state index contributed by atoms with van der Waals surface area (Å²) in [6.07, 6.45) is 1.49. The van der Waals surface area contributed by atoms with Crippen molar-refractivity contribution in [1.82, 2.24) is 4.90 Å². The largest absolute Gasteiger partial charge is 0.491 e. The normalized spacial score (nSPS) is 18.9. The molecule has 1 aliphatic heterocycles. The number of likely N-dealkylation sites (tertiary alicyclic amines) is 1. The summed E-state index contributed by atoms with van der Waals surface area (Å²) in [6.45, 7) is 3.01. The van der Waals surface area contributed by atoms with Crippen LogP contribution in [-0.2, 0) is 0 Å². The zero-order valence-corrected chi connectivity index (χ0v) is 11.7. The van der Waals surface area contributed by atoms with Crippen molar-refractivity contribution < 1.29 is 14.9 Å². The van der Waals surface area contributed by atoms with Gasteiger partial charge in [-0.25, -0.2) is 0 Å². The second kappa shape index (κ2) is 7.47. The van der Waals surface area contributed by atoms with E-state index in [1.165, 1.54) is 0 Å². The van der Waals surface area contributed by atoms with Crippen LogP contribution in [0.2, 0.25) is 0 Å². The molecule has 1 atom stereocenters. The van der Waals surface area contributed by atoms with E-state index in [9.17, 15) is 5.11 Å². The van der Waals surface area contributed by atoms with E-state index < -0.39 is 6.10 Å². The summed E-state index contributed by atoms with van der Waals surface area (Å²) < 4.78 is 5.54. The number of nitrogens with zero attached hydrogens (tertiary/aromatic N) is 1. The molecule has 0 amide bonds. The lowest BCUT2D eigenvalue weighted by molar-refractivity contribution is 0.0489. The van der Waals surface area contributed by atoms with E-state index in [1.54, 1.807) is 12.1 Å². The quantitative estimate of drug-likeness (QED) is 0.669. The van der Waals surface area contributed by atoms with Crippen molar-refractivity contribution in [2.24, 2.45) is 5.92 Å². The van der Waals surface area contributed by atoms with Crippen LogP contribution in [0.15, 0.2) is 24.3 Å². The molecule has 5 heteroatoms. The van der Waals surface area contributed by atoms with Gasteiger partial charge in [-0.05, 0) is 44.0 Å². The molecule has 0 bridgehead atoms. The van der Waals surface area contributed by atoms with Crippen LogP contribution in [0.3, 0.4) is 0 Å². The van der Waals surface area contributed by atoms with E-state index in [2.05, 4.69) is 4.90 Å². The topological polar surface area (TPSA) is 79.0 Å². The molecular formula is C15H24N2O3. The van der Waals surface area contributed by atoms with Gasteiger partial charge in [0.2, 0.25) is 0 Å². The third kappa shape index (κ3) is 4.67. The first-order valence-corrected chi connectivity index (χ1v) is 7.17. The highest BCUT2D eigenvalue weighted by molar-refractivity contribution is 5.43. The smallest absolute Gasteiger partial charge is 0.121 e. The highest BCUT2D eigenvalue weighted by Gasteiger charge is 2.20. The molecule has 20 heavy (non-hydrogen) atoms. The third-order valence-electron chi connectivity index (χ3n) is 3.73. The van der Waals surface area contributed by atoms with Crippen LogP contribution in [0.1, 0.15) is 12.8 Å². The number of hydrogen-bond acceptors (Lipinski definition) is 5. The number of β-amino-alcohol motifs (C(OH)–C–C–N with tert-alkyl or cyclic N) is 1. The Morgan fingerprint density at radius 2 is 2.10 bits per heavy atom. The fourth-order valence-electron chi connectivity index (χ4n) is 2.50. The zero-order chi connectivity index (χ0) is 14.4. The number of hydrogen-bond donors (Lipinski definition) is 3. The van der Waals surface area contributed by atoms with Crippen molar-refractivity contribution in [1.29, 1.82) is 0 Å². The van der Waals surface area contributed by atoms with Crippen molar-refractivity contribution >= 4 is 5.69 Å². The number of rotatable bonds is 6. The Labute approximate surface area is 120 Å². The second-order valence-corrected chi connectivity index (χ2v) is 5.46. The minimum absolute atomic E-state index is 0.267. The van der Waals surface area contributed by atoms with Gasteiger partial charge in [0, 0.05) is 24.9 Å². The molecule has 1 unspecified atom stereocenters. The maximum Gasteiger partial charge on any atom is 0.121 e. The molecule has 0 saturated carbocycles. The summed E-state index contributed by atoms with van der Waals surface area (Å²) in [5.41, 5.74) is 6.33. The standard InChI is InChI=1S/C15H24N2O3/c16-13-2-1-3-15(8-13)20-11-14(19)9-17-6-4-12(10-18)5-7-17/h1-3,8,12,14,18-19H,4-7,9-11,16H2. The monoisotopic (exact) mass is 280 g/mol. The highest BCUT2D eigenvalue weighted by Crippen LogP contribution is 2.17. The molecule has 1 aliphatic rings. The van der Waals surface area contributed by atoms with E-state index in [0.29, 0.717) is 23.9 Å². The summed E-state index contributed by atoms with van der Waals surface area (Å²) in [4.78, 5) is 2.22. The highest BCUT2D eigenvalue weighted by atomic mass is 16.5. The van der Waals surface area contributed by atoms with Gasteiger partial charge in [-0.3, -0.25) is 0 Å². The summed E-state index contributed by atoms with van der Waals surface area (Å²) in [5, 5.41) is 19.1. The number of anilines is 1. The predicted octanol–water partition coefficient (Wildman–Crippen LogP) is 0.713. The van der Waals surface area contributed by atoms with Gasteiger partial charge in [0.15, 0.2) is 0 Å². The van der Waals surface area contributed by atoms with Gasteiger partial charge in [-0.15, -0.1) is 0 Å². The van der Waals surface area contributed by atoms with Gasteiger partial charge in [0.1, 0.15) is 18.5 Å². The first-order valence-electron chi connectivity index (χ1n) is 7.17. The molecule has 0 aromatic heterocycles. The fraction of sp³-hybridized carbons (Fsp3) is 0.600. The van der Waals surface area contributed by atoms with E-state index in [0.717, 1.165) is 25.9 Å². The molecule has 1 heterocycles. The molecule has 1 aromatic rings. The lowest BCUT2D eigenvalue weighted by Gasteiger charge is -2.32. The summed E-state index contributed by atoms with van der Waals surface area (Å²) in [6, 6.07) is 7.21. The van der Waals surface area contributed by atoms with Crippen LogP contribution in [0, 0.1) is 5.92 Å². The minimum Gasteiger partial charge on any atom is -0.491 e. The van der Waals surface area contributed by atoms with E-state index in [4.69, 9.17) is 15.6 Å². The van der Waals surface area contributed by atoms with Crippen molar-refractivity contribution in [3.05, 3.63) is 24.3 Å². The Morgan fingerprint density at radius 1 is 1.35 bits per heavy atom. The second-order valence-electron chi connectivity index (χ2n) is 5.46. The average molecular weight is 280 g/mol. The molecule has 112 valence electrons. The lowest BCUT2D eigenvalue weighted by atomic mass is 9.98. The van der Waals surface area contributed by atoms with Gasteiger partial charge < -0.3 is 25.6 Å². The van der Waals surface area contributed by atoms with Crippen molar-refractivity contribution in [2.75, 3.05) is 38.6 Å². The fourth-order valence-corrected chi connectivity index (χ4v) is 2.50. The van der Waals surface area contributed by atoms with Gasteiger partial charge in [-0.2, -0.15) is 0 Å². The van der Waals surface area contributed by atoms with Gasteiger partial charge in [0.05, 0.1) is 0 Å². The Morgan fingerprint density at radius 3 is 2.75 bits per heavy atom. The van der Waals surface area contributed by atoms with Gasteiger partial charge >= 0.3 is 0 Å². The van der Waals surface area contributed by atoms with Crippen molar-refractivity contribution in [3.8, 4) is 5.75 Å². The molecule has 1 aromatic carbocycles. The molecule has 2 rings (SSSR count). The molecule has 0 spiro atoms. The van der Waals surface area contributed by atoms with Crippen molar-refractivity contribution in [3.63, 3.8) is 0 Å². The maximum atomic E-state index is 10.0. The molecule has 0 radical (unpaired) electrons. The number of nitrogens with two attached hydrogens (primary N) is 1. The summed E-state index contributed by atoms with van der Waals surface area (Å²) >= 11 is 0. The maximum absolute atomic E-state index is 10.0. The summed E-state index contributed by atoms with van der Waals surface area (Å²) in [7, 11) is 0. The first-order chi connectivity index (χ1) is 9.67. The number of nitrogen functional groups attached to an aromatic ring is 1. The average Bonchev–Trinajstić information content (AvgIpc) is 2.46.